The number of carbonyl (C=O) groups excluding carboxylic acids is 2. The molecule has 10 heteroatoms. The third-order valence-corrected chi connectivity index (χ3v) is 8.59. The van der Waals surface area contributed by atoms with E-state index in [0.29, 0.717) is 17.9 Å². The van der Waals surface area contributed by atoms with Crippen molar-refractivity contribution in [3.05, 3.63) is 35.9 Å². The smallest absolute Gasteiger partial charge is 0.330 e. The van der Waals surface area contributed by atoms with Gasteiger partial charge in [-0.2, -0.15) is 0 Å². The van der Waals surface area contributed by atoms with Crippen molar-refractivity contribution in [1.29, 1.82) is 0 Å². The van der Waals surface area contributed by atoms with E-state index in [-0.39, 0.29) is 30.6 Å². The molecular weight excluding hydrogens is 482 g/mol. The van der Waals surface area contributed by atoms with E-state index in [0.717, 1.165) is 19.3 Å². The number of nitrogens with one attached hydrogen (secondary N) is 1. The SMILES string of the molecule is C[C@H]1[C@H](OC(=O)CCC(=O)N[C@H](C(=O)O)c2ccccc2)O[C@@H]2O[C@]3(C)CC[C@H]4[C@H](C)CC[C@@H]1[C@@]24OO3. The zero-order valence-electron chi connectivity index (χ0n) is 21.4. The van der Waals surface area contributed by atoms with Crippen LogP contribution in [0.5, 0.6) is 0 Å². The van der Waals surface area contributed by atoms with Gasteiger partial charge < -0.3 is 24.6 Å². The van der Waals surface area contributed by atoms with E-state index in [9.17, 15) is 19.5 Å². The van der Waals surface area contributed by atoms with Crippen molar-refractivity contribution in [3.63, 3.8) is 0 Å². The van der Waals surface area contributed by atoms with Gasteiger partial charge in [0.15, 0.2) is 17.9 Å². The average molecular weight is 518 g/mol. The zero-order valence-corrected chi connectivity index (χ0v) is 21.4. The third kappa shape index (κ3) is 4.76. The van der Waals surface area contributed by atoms with Gasteiger partial charge in [0.2, 0.25) is 18.0 Å². The quantitative estimate of drug-likeness (QED) is 0.412. The molecule has 0 radical (unpaired) electrons. The lowest BCUT2D eigenvalue weighted by Gasteiger charge is -2.59. The summed E-state index contributed by atoms with van der Waals surface area (Å²) in [5.74, 6) is -2.80. The highest BCUT2D eigenvalue weighted by atomic mass is 17.3. The van der Waals surface area contributed by atoms with Crippen LogP contribution >= 0.6 is 0 Å². The first-order chi connectivity index (χ1) is 17.6. The topological polar surface area (TPSA) is 130 Å². The molecule has 10 nitrogen and oxygen atoms in total. The van der Waals surface area contributed by atoms with Gasteiger partial charge in [0.25, 0.3) is 0 Å². The molecule has 4 saturated heterocycles. The number of carbonyl (C=O) groups is 3. The van der Waals surface area contributed by atoms with Gasteiger partial charge in [0.1, 0.15) is 0 Å². The van der Waals surface area contributed by atoms with E-state index in [4.69, 9.17) is 24.0 Å². The molecule has 202 valence electrons. The Kier molecular flexibility index (Phi) is 7.04. The molecule has 4 heterocycles. The average Bonchev–Trinajstić information content (AvgIpc) is 3.10. The summed E-state index contributed by atoms with van der Waals surface area (Å²) in [5.41, 5.74) is -0.305. The minimum atomic E-state index is -1.20. The van der Waals surface area contributed by atoms with Gasteiger partial charge in [0, 0.05) is 24.7 Å². The monoisotopic (exact) mass is 517 g/mol. The van der Waals surface area contributed by atoms with Crippen LogP contribution in [0.4, 0.5) is 0 Å². The molecule has 1 amide bonds. The molecule has 4 aliphatic heterocycles. The summed E-state index contributed by atoms with van der Waals surface area (Å²) in [7, 11) is 0. The molecule has 2 bridgehead atoms. The predicted molar refractivity (Wildman–Crippen MR) is 127 cm³/mol. The molecule has 2 N–H and O–H groups in total. The summed E-state index contributed by atoms with van der Waals surface area (Å²) in [6, 6.07) is 7.19. The second-order valence-electron chi connectivity index (χ2n) is 11.0. The maximum atomic E-state index is 12.7. The van der Waals surface area contributed by atoms with E-state index >= 15 is 0 Å². The Morgan fingerprint density at radius 1 is 1.08 bits per heavy atom. The third-order valence-electron chi connectivity index (χ3n) is 8.59. The van der Waals surface area contributed by atoms with Gasteiger partial charge in [-0.1, -0.05) is 44.2 Å². The van der Waals surface area contributed by atoms with Crippen molar-refractivity contribution in [3.8, 4) is 0 Å². The van der Waals surface area contributed by atoms with Gasteiger partial charge in [-0.15, -0.1) is 0 Å². The fraction of sp³-hybridized carbons (Fsp3) is 0.667. The Labute approximate surface area is 215 Å². The van der Waals surface area contributed by atoms with Crippen LogP contribution in [0.15, 0.2) is 30.3 Å². The van der Waals surface area contributed by atoms with Crippen molar-refractivity contribution in [2.45, 2.75) is 89.3 Å². The van der Waals surface area contributed by atoms with Crippen molar-refractivity contribution in [2.24, 2.45) is 23.7 Å². The molecule has 0 aromatic heterocycles. The Bertz CT molecular complexity index is 1030. The Morgan fingerprint density at radius 2 is 1.84 bits per heavy atom. The van der Waals surface area contributed by atoms with Gasteiger partial charge in [-0.3, -0.25) is 9.59 Å². The largest absolute Gasteiger partial charge is 0.479 e. The van der Waals surface area contributed by atoms with E-state index in [2.05, 4.69) is 12.2 Å². The first-order valence-electron chi connectivity index (χ1n) is 13.1. The highest BCUT2D eigenvalue weighted by Gasteiger charge is 2.69. The highest BCUT2D eigenvalue weighted by molar-refractivity contribution is 5.86. The number of hydrogen-bond acceptors (Lipinski definition) is 8. The first kappa shape index (κ1) is 26.1. The number of benzene rings is 1. The van der Waals surface area contributed by atoms with Crippen molar-refractivity contribution < 1.29 is 43.5 Å². The summed E-state index contributed by atoms with van der Waals surface area (Å²) < 4.78 is 18.2. The maximum absolute atomic E-state index is 12.7. The summed E-state index contributed by atoms with van der Waals surface area (Å²) in [6.07, 6.45) is 1.48. The van der Waals surface area contributed by atoms with Gasteiger partial charge in [0.05, 0.1) is 6.42 Å². The highest BCUT2D eigenvalue weighted by Crippen LogP contribution is 2.60. The lowest BCUT2D eigenvalue weighted by Crippen LogP contribution is -2.70. The van der Waals surface area contributed by atoms with Crippen molar-refractivity contribution in [2.75, 3.05) is 0 Å². The number of carboxylic acids is 1. The summed E-state index contributed by atoms with van der Waals surface area (Å²) in [4.78, 5) is 48.7. The number of ether oxygens (including phenoxy) is 3. The Hall–Kier alpha value is -2.53. The van der Waals surface area contributed by atoms with Gasteiger partial charge in [-0.25, -0.2) is 14.6 Å². The normalized spacial score (nSPS) is 39.1. The van der Waals surface area contributed by atoms with Gasteiger partial charge >= 0.3 is 11.9 Å². The minimum Gasteiger partial charge on any atom is -0.479 e. The second-order valence-corrected chi connectivity index (χ2v) is 11.0. The minimum absolute atomic E-state index is 0.0124. The molecular formula is C27H35NO9. The van der Waals surface area contributed by atoms with Crippen LogP contribution in [-0.4, -0.2) is 46.9 Å². The second kappa shape index (κ2) is 9.98. The molecule has 1 saturated carbocycles. The van der Waals surface area contributed by atoms with Crippen LogP contribution in [0, 0.1) is 23.7 Å². The van der Waals surface area contributed by atoms with Crippen LogP contribution in [0.3, 0.4) is 0 Å². The lowest BCUT2D eigenvalue weighted by molar-refractivity contribution is -0.576. The molecule has 37 heavy (non-hydrogen) atoms. The van der Waals surface area contributed by atoms with E-state index < -0.39 is 47.9 Å². The van der Waals surface area contributed by atoms with Gasteiger partial charge in [-0.05, 0) is 43.6 Å². The fourth-order valence-electron chi connectivity index (χ4n) is 6.58. The van der Waals surface area contributed by atoms with Crippen LogP contribution in [-0.2, 0) is 38.4 Å². The fourth-order valence-corrected chi connectivity index (χ4v) is 6.58. The molecule has 5 fully saturated rings. The molecule has 9 atom stereocenters. The van der Waals surface area contributed by atoms with Crippen LogP contribution in [0.1, 0.15) is 70.9 Å². The number of esters is 1. The number of amides is 1. The van der Waals surface area contributed by atoms with Crippen LogP contribution in [0.2, 0.25) is 0 Å². The summed E-state index contributed by atoms with van der Waals surface area (Å²) >= 11 is 0. The molecule has 1 aromatic rings. The van der Waals surface area contributed by atoms with Crippen molar-refractivity contribution >= 4 is 17.8 Å². The van der Waals surface area contributed by atoms with E-state index in [1.807, 2.05) is 13.8 Å². The standard InChI is InChI=1S/C27H35NO9/c1-15-9-10-19-16(2)24(34-25-27(19)18(15)13-14-26(3,35-25)36-37-27)33-21(30)12-11-20(29)28-22(23(31)32)17-7-5-4-6-8-17/h4-8,15-16,18-19,22,24-25H,9-14H2,1-3H3,(H,28,29)(H,31,32)/t15-,16-,18+,19+,22+,24-,25-,26+,27-/m1/s1. The number of rotatable bonds is 7. The molecule has 5 aliphatic rings. The lowest BCUT2D eigenvalue weighted by atomic mass is 9.58. The Balaban J connectivity index is 1.22. The molecule has 6 rings (SSSR count). The molecule has 1 aliphatic carbocycles. The number of carboxylic acid groups (broad SMARTS) is 1. The summed E-state index contributed by atoms with van der Waals surface area (Å²) in [5, 5.41) is 12.0. The number of hydrogen-bond donors (Lipinski definition) is 2. The van der Waals surface area contributed by atoms with Crippen LogP contribution in [0.25, 0.3) is 0 Å². The van der Waals surface area contributed by atoms with E-state index in [1.165, 1.54) is 0 Å². The van der Waals surface area contributed by atoms with Crippen LogP contribution < -0.4 is 5.32 Å². The predicted octanol–water partition coefficient (Wildman–Crippen LogP) is 3.46. The number of fused-ring (bicyclic) bond motifs is 2. The first-order valence-corrected chi connectivity index (χ1v) is 13.1. The summed E-state index contributed by atoms with van der Waals surface area (Å²) in [6.45, 7) is 6.04. The maximum Gasteiger partial charge on any atom is 0.330 e. The number of aliphatic carboxylic acids is 1. The Morgan fingerprint density at radius 3 is 2.57 bits per heavy atom. The van der Waals surface area contributed by atoms with E-state index in [1.54, 1.807) is 30.3 Å². The molecule has 0 unspecified atom stereocenters. The zero-order chi connectivity index (χ0) is 26.4. The molecule has 1 spiro atoms. The van der Waals surface area contributed by atoms with Crippen molar-refractivity contribution in [1.82, 2.24) is 5.32 Å². The molecule has 1 aromatic carbocycles.